The van der Waals surface area contributed by atoms with Gasteiger partial charge in [-0.05, 0) is 52.3 Å². The number of amides is 1. The van der Waals surface area contributed by atoms with Gasteiger partial charge in [-0.25, -0.2) is 0 Å². The van der Waals surface area contributed by atoms with Crippen LogP contribution < -0.4 is 14.8 Å². The molecule has 2 atom stereocenters. The number of hydrogen-bond donors (Lipinski definition) is 1. The highest BCUT2D eigenvalue weighted by Crippen LogP contribution is 2.39. The molecule has 1 amide bonds. The minimum absolute atomic E-state index is 0.0935. The summed E-state index contributed by atoms with van der Waals surface area (Å²) < 4.78 is 11.9. The molecule has 0 fully saturated rings. The molecule has 0 unspecified atom stereocenters. The molecule has 1 aliphatic heterocycles. The molecule has 0 saturated heterocycles. The second-order valence-electron chi connectivity index (χ2n) is 7.69. The number of benzene rings is 2. The summed E-state index contributed by atoms with van der Waals surface area (Å²) in [5.41, 5.74) is 2.86. The van der Waals surface area contributed by atoms with E-state index in [0.717, 1.165) is 28.2 Å². The highest BCUT2D eigenvalue weighted by Gasteiger charge is 2.35. The fourth-order valence-corrected chi connectivity index (χ4v) is 3.32. The Morgan fingerprint density at radius 3 is 2.69 bits per heavy atom. The number of para-hydroxylation sites is 1. The van der Waals surface area contributed by atoms with Crippen molar-refractivity contribution in [1.82, 2.24) is 5.32 Å². The molecule has 0 saturated carbocycles. The minimum atomic E-state index is -0.574. The van der Waals surface area contributed by atoms with Crippen molar-refractivity contribution in [2.45, 2.75) is 58.8 Å². The molecule has 0 aliphatic carbocycles. The van der Waals surface area contributed by atoms with Gasteiger partial charge in [0.25, 0.3) is 5.91 Å². The van der Waals surface area contributed by atoms with E-state index in [-0.39, 0.29) is 17.6 Å². The third-order valence-corrected chi connectivity index (χ3v) is 4.71. The molecule has 1 N–H and O–H groups in total. The lowest BCUT2D eigenvalue weighted by atomic mass is 9.89. The Balaban J connectivity index is 1.76. The van der Waals surface area contributed by atoms with Gasteiger partial charge < -0.3 is 14.8 Å². The van der Waals surface area contributed by atoms with Crippen molar-refractivity contribution < 1.29 is 14.3 Å². The molecule has 0 aromatic heterocycles. The van der Waals surface area contributed by atoms with Crippen LogP contribution in [-0.2, 0) is 4.79 Å². The first kappa shape index (κ1) is 18.3. The lowest BCUT2D eigenvalue weighted by Gasteiger charge is -2.38. The second kappa shape index (κ2) is 7.02. The van der Waals surface area contributed by atoms with Gasteiger partial charge in [0.15, 0.2) is 6.10 Å². The van der Waals surface area contributed by atoms with Crippen LogP contribution in [0.4, 0.5) is 0 Å². The van der Waals surface area contributed by atoms with E-state index in [0.29, 0.717) is 6.42 Å². The van der Waals surface area contributed by atoms with Crippen molar-refractivity contribution in [1.29, 1.82) is 0 Å². The third kappa shape index (κ3) is 4.01. The third-order valence-electron chi connectivity index (χ3n) is 4.71. The van der Waals surface area contributed by atoms with Crippen LogP contribution in [0.15, 0.2) is 42.5 Å². The van der Waals surface area contributed by atoms with Crippen molar-refractivity contribution in [3.63, 3.8) is 0 Å². The molecule has 4 nitrogen and oxygen atoms in total. The topological polar surface area (TPSA) is 47.6 Å². The maximum absolute atomic E-state index is 12.8. The molecule has 4 heteroatoms. The Hall–Kier alpha value is -2.49. The van der Waals surface area contributed by atoms with Gasteiger partial charge in [0.05, 0.1) is 6.04 Å². The molecule has 0 radical (unpaired) electrons. The second-order valence-corrected chi connectivity index (χ2v) is 7.69. The quantitative estimate of drug-likeness (QED) is 0.881. The number of nitrogens with one attached hydrogen (secondary N) is 1. The summed E-state index contributed by atoms with van der Waals surface area (Å²) in [6.07, 6.45) is 0.141. The zero-order valence-corrected chi connectivity index (χ0v) is 16.1. The first-order valence-corrected chi connectivity index (χ1v) is 9.07. The standard InChI is InChI=1S/C22H27NO3/c1-14-10-11-20-17(12-14)18(13-22(4,5)26-20)23-21(24)16(3)25-19-9-7-6-8-15(19)2/h6-12,16,18H,13H2,1-5H3,(H,23,24)/t16-,18-/m0/s1. The SMILES string of the molecule is Cc1ccc2c(c1)[C@@H](NC(=O)[C@H](C)Oc1ccccc1C)CC(C)(C)O2. The Kier molecular flexibility index (Phi) is 4.94. The highest BCUT2D eigenvalue weighted by molar-refractivity contribution is 5.81. The number of aryl methyl sites for hydroxylation is 2. The van der Waals surface area contributed by atoms with Crippen LogP contribution in [0.1, 0.15) is 49.9 Å². The molecule has 26 heavy (non-hydrogen) atoms. The zero-order chi connectivity index (χ0) is 18.9. The van der Waals surface area contributed by atoms with Crippen molar-refractivity contribution in [3.05, 3.63) is 59.2 Å². The van der Waals surface area contributed by atoms with Gasteiger partial charge in [0, 0.05) is 12.0 Å². The largest absolute Gasteiger partial charge is 0.487 e. The van der Waals surface area contributed by atoms with Crippen LogP contribution in [0.2, 0.25) is 0 Å². The van der Waals surface area contributed by atoms with Crippen molar-refractivity contribution >= 4 is 5.91 Å². The van der Waals surface area contributed by atoms with Gasteiger partial charge in [0.2, 0.25) is 0 Å². The van der Waals surface area contributed by atoms with Crippen molar-refractivity contribution in [2.24, 2.45) is 0 Å². The molecule has 1 aliphatic rings. The van der Waals surface area contributed by atoms with Crippen LogP contribution in [0.3, 0.4) is 0 Å². The zero-order valence-electron chi connectivity index (χ0n) is 16.1. The summed E-state index contributed by atoms with van der Waals surface area (Å²) in [6.45, 7) is 9.89. The van der Waals surface area contributed by atoms with E-state index in [1.165, 1.54) is 0 Å². The molecule has 3 rings (SSSR count). The first-order valence-electron chi connectivity index (χ1n) is 9.07. The Morgan fingerprint density at radius 1 is 1.23 bits per heavy atom. The van der Waals surface area contributed by atoms with E-state index in [1.807, 2.05) is 64.1 Å². The predicted octanol–water partition coefficient (Wildman–Crippen LogP) is 4.49. The van der Waals surface area contributed by atoms with Crippen molar-refractivity contribution in [3.8, 4) is 11.5 Å². The van der Waals surface area contributed by atoms with Crippen LogP contribution in [0.5, 0.6) is 11.5 Å². The van der Waals surface area contributed by atoms with Crippen LogP contribution in [0.25, 0.3) is 0 Å². The number of fused-ring (bicyclic) bond motifs is 1. The summed E-state index contributed by atoms with van der Waals surface area (Å²) in [6, 6.07) is 13.7. The van der Waals surface area contributed by atoms with E-state index in [4.69, 9.17) is 9.47 Å². The molecule has 138 valence electrons. The van der Waals surface area contributed by atoms with Crippen molar-refractivity contribution in [2.75, 3.05) is 0 Å². The smallest absolute Gasteiger partial charge is 0.261 e. The van der Waals surface area contributed by atoms with Gasteiger partial charge in [-0.15, -0.1) is 0 Å². The first-order chi connectivity index (χ1) is 12.2. The van der Waals surface area contributed by atoms with Crippen LogP contribution in [0, 0.1) is 13.8 Å². The van der Waals surface area contributed by atoms with E-state index in [2.05, 4.69) is 11.4 Å². The van der Waals surface area contributed by atoms with Crippen LogP contribution in [-0.4, -0.2) is 17.6 Å². The average molecular weight is 353 g/mol. The molecule has 1 heterocycles. The molecule has 2 aromatic rings. The van der Waals surface area contributed by atoms with Gasteiger partial charge in [-0.1, -0.05) is 35.9 Å². The number of carbonyl (C=O) groups excluding carboxylic acids is 1. The molecule has 2 aromatic carbocycles. The number of carbonyl (C=O) groups is 1. The normalized spacial score (nSPS) is 19.0. The highest BCUT2D eigenvalue weighted by atomic mass is 16.5. The summed E-state index contributed by atoms with van der Waals surface area (Å²) in [4.78, 5) is 12.8. The fraction of sp³-hybridized carbons (Fsp3) is 0.409. The van der Waals surface area contributed by atoms with E-state index < -0.39 is 6.10 Å². The summed E-state index contributed by atoms with van der Waals surface area (Å²) in [7, 11) is 0. The Bertz CT molecular complexity index is 813. The fourth-order valence-electron chi connectivity index (χ4n) is 3.32. The van der Waals surface area contributed by atoms with E-state index in [1.54, 1.807) is 6.92 Å². The molecular formula is C22H27NO3. The van der Waals surface area contributed by atoms with Gasteiger partial charge in [0.1, 0.15) is 17.1 Å². The lowest BCUT2D eigenvalue weighted by molar-refractivity contribution is -0.128. The lowest BCUT2D eigenvalue weighted by Crippen LogP contribution is -2.44. The monoisotopic (exact) mass is 353 g/mol. The van der Waals surface area contributed by atoms with Gasteiger partial charge >= 0.3 is 0 Å². The predicted molar refractivity (Wildman–Crippen MR) is 103 cm³/mol. The van der Waals surface area contributed by atoms with E-state index in [9.17, 15) is 4.79 Å². The van der Waals surface area contributed by atoms with Gasteiger partial charge in [-0.2, -0.15) is 0 Å². The Labute approximate surface area is 155 Å². The average Bonchev–Trinajstić information content (AvgIpc) is 2.57. The Morgan fingerprint density at radius 2 is 1.96 bits per heavy atom. The maximum Gasteiger partial charge on any atom is 0.261 e. The van der Waals surface area contributed by atoms with Gasteiger partial charge in [-0.3, -0.25) is 4.79 Å². The maximum atomic E-state index is 12.8. The summed E-state index contributed by atoms with van der Waals surface area (Å²) in [5, 5.41) is 3.15. The molecular weight excluding hydrogens is 326 g/mol. The summed E-state index contributed by atoms with van der Waals surface area (Å²) >= 11 is 0. The molecule has 0 bridgehead atoms. The number of ether oxygens (including phenoxy) is 2. The number of rotatable bonds is 4. The van der Waals surface area contributed by atoms with Crippen LogP contribution >= 0.6 is 0 Å². The number of hydrogen-bond acceptors (Lipinski definition) is 3. The molecule has 0 spiro atoms. The summed E-state index contributed by atoms with van der Waals surface area (Å²) in [5.74, 6) is 1.45. The van der Waals surface area contributed by atoms with E-state index >= 15 is 0 Å². The minimum Gasteiger partial charge on any atom is -0.487 e.